The second-order valence-corrected chi connectivity index (χ2v) is 11.6. The van der Waals surface area contributed by atoms with Crippen molar-refractivity contribution in [2.45, 2.75) is 44.8 Å². The van der Waals surface area contributed by atoms with Crippen molar-refractivity contribution in [2.75, 3.05) is 25.0 Å². The number of piperidine rings is 1. The molecule has 2 bridgehead atoms. The van der Waals surface area contributed by atoms with Gasteiger partial charge >= 0.3 is 0 Å². The van der Waals surface area contributed by atoms with Crippen LogP contribution < -0.4 is 10.6 Å². The number of benzene rings is 2. The Morgan fingerprint density at radius 1 is 1.11 bits per heavy atom. The van der Waals surface area contributed by atoms with Gasteiger partial charge in [-0.25, -0.2) is 9.37 Å². The first-order valence-corrected chi connectivity index (χ1v) is 13.3. The van der Waals surface area contributed by atoms with Crippen molar-refractivity contribution in [1.29, 1.82) is 0 Å². The second-order valence-electron chi connectivity index (χ2n) is 11.6. The van der Waals surface area contributed by atoms with Crippen LogP contribution >= 0.6 is 0 Å². The van der Waals surface area contributed by atoms with Crippen LogP contribution in [-0.4, -0.2) is 57.1 Å². The third-order valence-electron chi connectivity index (χ3n) is 9.13. The van der Waals surface area contributed by atoms with Gasteiger partial charge in [0.25, 0.3) is 5.91 Å². The molecule has 2 fully saturated rings. The number of fused-ring (bicyclic) bond motifs is 3. The van der Waals surface area contributed by atoms with Gasteiger partial charge in [-0.1, -0.05) is 26.0 Å². The molecule has 1 aliphatic carbocycles. The average Bonchev–Trinajstić information content (AvgIpc) is 3.61. The highest BCUT2D eigenvalue weighted by molar-refractivity contribution is 6.00. The number of rotatable bonds is 3. The van der Waals surface area contributed by atoms with E-state index in [2.05, 4.69) is 54.6 Å². The summed E-state index contributed by atoms with van der Waals surface area (Å²) in [6.45, 7) is 6.03. The Labute approximate surface area is 215 Å². The highest BCUT2D eigenvalue weighted by Gasteiger charge is 2.47. The molecule has 2 N–H and O–H groups in total. The van der Waals surface area contributed by atoms with E-state index in [1.165, 1.54) is 17.3 Å². The summed E-state index contributed by atoms with van der Waals surface area (Å²) in [6, 6.07) is 12.0. The van der Waals surface area contributed by atoms with E-state index < -0.39 is 5.82 Å². The molecule has 2 aromatic carbocycles. The summed E-state index contributed by atoms with van der Waals surface area (Å²) >= 11 is 0. The summed E-state index contributed by atoms with van der Waals surface area (Å²) in [5, 5.41) is 1.15. The van der Waals surface area contributed by atoms with E-state index in [1.54, 1.807) is 6.07 Å². The van der Waals surface area contributed by atoms with Gasteiger partial charge in [-0.2, -0.15) is 0 Å². The van der Waals surface area contributed by atoms with Crippen molar-refractivity contribution in [2.24, 2.45) is 24.6 Å². The molecular formula is C29H33FN6O. The topological polar surface area (TPSA) is 72.3 Å². The van der Waals surface area contributed by atoms with E-state index in [1.807, 2.05) is 16.5 Å². The first-order valence-electron chi connectivity index (χ1n) is 13.3. The van der Waals surface area contributed by atoms with E-state index >= 15 is 4.39 Å². The zero-order valence-electron chi connectivity index (χ0n) is 21.8. The SMILES string of the molecule is CC(C)C1CN(C)c2cccc3cc(-c4nc5cc(C(=O)N6C[C@H]7CC[C@@H]6[C@@H]7N)cc(F)c5n4C)n1c23. The van der Waals surface area contributed by atoms with Gasteiger partial charge in [-0.3, -0.25) is 4.79 Å². The molecule has 4 aromatic rings. The van der Waals surface area contributed by atoms with Crippen LogP contribution in [0.2, 0.25) is 0 Å². The molecule has 1 saturated carbocycles. The highest BCUT2D eigenvalue weighted by atomic mass is 19.1. The van der Waals surface area contributed by atoms with Crippen LogP contribution in [0.25, 0.3) is 33.5 Å². The van der Waals surface area contributed by atoms with E-state index in [9.17, 15) is 4.79 Å². The quantitative estimate of drug-likeness (QED) is 0.448. The molecule has 4 heterocycles. The fourth-order valence-electron chi connectivity index (χ4n) is 7.16. The lowest BCUT2D eigenvalue weighted by Crippen LogP contribution is -2.41. The number of nitrogens with zero attached hydrogens (tertiary/aromatic N) is 5. The fraction of sp³-hybridized carbons (Fsp3) is 0.448. The third-order valence-corrected chi connectivity index (χ3v) is 9.13. The summed E-state index contributed by atoms with van der Waals surface area (Å²) in [5.74, 6) is 0.890. The van der Waals surface area contributed by atoms with E-state index in [4.69, 9.17) is 10.7 Å². The van der Waals surface area contributed by atoms with E-state index in [0.29, 0.717) is 40.8 Å². The Kier molecular flexibility index (Phi) is 4.81. The normalized spacial score (nSPS) is 24.8. The minimum absolute atomic E-state index is 0.0253. The number of amides is 1. The number of carbonyl (C=O) groups excluding carboxylic acids is 1. The van der Waals surface area contributed by atoms with Crippen molar-refractivity contribution in [1.82, 2.24) is 19.0 Å². The standard InChI is InChI=1S/C29H33FN6O/c1-15(2)24-14-33(3)22-7-5-6-16-12-23(36(24)26(16)22)28-32-20-11-18(10-19(30)27(20)34(28)4)29(37)35-13-17-8-9-21(35)25(17)31/h5-7,10-12,15,17,21,24-25H,8-9,13-14,31H2,1-4H3/t17-,21-,24?,25-/m1/s1. The number of aromatic nitrogens is 3. The molecule has 1 unspecified atom stereocenters. The van der Waals surface area contributed by atoms with Crippen molar-refractivity contribution in [3.63, 3.8) is 0 Å². The number of nitrogens with two attached hydrogens (primary N) is 1. The number of imidazole rings is 1. The summed E-state index contributed by atoms with van der Waals surface area (Å²) in [5.41, 5.74) is 10.9. The van der Waals surface area contributed by atoms with Gasteiger partial charge in [0.2, 0.25) is 0 Å². The van der Waals surface area contributed by atoms with Crippen molar-refractivity contribution < 1.29 is 9.18 Å². The minimum atomic E-state index is -0.425. The van der Waals surface area contributed by atoms with Crippen LogP contribution in [0.4, 0.5) is 10.1 Å². The van der Waals surface area contributed by atoms with Gasteiger partial charge in [0.1, 0.15) is 11.3 Å². The van der Waals surface area contributed by atoms with E-state index in [0.717, 1.165) is 30.5 Å². The first kappa shape index (κ1) is 22.8. The Morgan fingerprint density at radius 2 is 1.92 bits per heavy atom. The molecule has 3 aliphatic rings. The highest BCUT2D eigenvalue weighted by Crippen LogP contribution is 2.43. The second kappa shape index (κ2) is 7.81. The monoisotopic (exact) mass is 500 g/mol. The van der Waals surface area contributed by atoms with Crippen LogP contribution in [0.15, 0.2) is 36.4 Å². The first-order chi connectivity index (χ1) is 17.7. The average molecular weight is 501 g/mol. The number of likely N-dealkylation sites (tertiary alicyclic amines) is 1. The zero-order valence-corrected chi connectivity index (χ0v) is 21.8. The number of carbonyl (C=O) groups is 1. The molecule has 37 heavy (non-hydrogen) atoms. The molecule has 7 rings (SSSR count). The van der Waals surface area contributed by atoms with Crippen molar-refractivity contribution in [3.8, 4) is 11.5 Å². The van der Waals surface area contributed by atoms with Crippen LogP contribution in [0.5, 0.6) is 0 Å². The lowest BCUT2D eigenvalue weighted by atomic mass is 10.0. The predicted molar refractivity (Wildman–Crippen MR) is 144 cm³/mol. The predicted octanol–water partition coefficient (Wildman–Crippen LogP) is 4.54. The van der Waals surface area contributed by atoms with Crippen LogP contribution in [0.3, 0.4) is 0 Å². The van der Waals surface area contributed by atoms with Gasteiger partial charge in [0.15, 0.2) is 5.82 Å². The maximum absolute atomic E-state index is 15.6. The molecule has 7 nitrogen and oxygen atoms in total. The summed E-state index contributed by atoms with van der Waals surface area (Å²) in [4.78, 5) is 22.5. The molecule has 2 aromatic heterocycles. The number of halogens is 1. The largest absolute Gasteiger partial charge is 0.371 e. The molecule has 8 heteroatoms. The number of hydrogen-bond acceptors (Lipinski definition) is 4. The number of hydrogen-bond donors (Lipinski definition) is 1. The van der Waals surface area contributed by atoms with Gasteiger partial charge < -0.3 is 24.7 Å². The van der Waals surface area contributed by atoms with Gasteiger partial charge in [-0.15, -0.1) is 0 Å². The molecule has 0 spiro atoms. The Balaban J connectivity index is 1.37. The third kappa shape index (κ3) is 3.08. The van der Waals surface area contributed by atoms with Gasteiger partial charge in [0, 0.05) is 50.2 Å². The maximum Gasteiger partial charge on any atom is 0.254 e. The van der Waals surface area contributed by atoms with Crippen LogP contribution in [0, 0.1) is 17.7 Å². The number of para-hydroxylation sites is 1. The molecule has 1 amide bonds. The Morgan fingerprint density at radius 3 is 2.62 bits per heavy atom. The lowest BCUT2D eigenvalue weighted by Gasteiger charge is -2.36. The molecule has 1 saturated heterocycles. The number of aryl methyl sites for hydroxylation is 1. The smallest absolute Gasteiger partial charge is 0.254 e. The Hall–Kier alpha value is -3.39. The van der Waals surface area contributed by atoms with Gasteiger partial charge in [0.05, 0.1) is 28.5 Å². The minimum Gasteiger partial charge on any atom is -0.371 e. The number of likely N-dealkylation sites (N-methyl/N-ethyl adjacent to an activating group) is 1. The van der Waals surface area contributed by atoms with Crippen LogP contribution in [-0.2, 0) is 7.05 Å². The summed E-state index contributed by atoms with van der Waals surface area (Å²) < 4.78 is 19.8. The van der Waals surface area contributed by atoms with Crippen molar-refractivity contribution >= 4 is 33.5 Å². The Bertz CT molecular complexity index is 1580. The lowest BCUT2D eigenvalue weighted by molar-refractivity contribution is 0.0700. The molecule has 192 valence electrons. The van der Waals surface area contributed by atoms with Crippen molar-refractivity contribution in [3.05, 3.63) is 47.8 Å². The molecule has 2 aliphatic heterocycles. The number of anilines is 1. The molecule has 0 radical (unpaired) electrons. The summed E-state index contributed by atoms with van der Waals surface area (Å²) in [7, 11) is 4.00. The zero-order chi connectivity index (χ0) is 25.7. The van der Waals surface area contributed by atoms with E-state index in [-0.39, 0.29) is 24.0 Å². The summed E-state index contributed by atoms with van der Waals surface area (Å²) in [6.07, 6.45) is 1.99. The molecule has 4 atom stereocenters. The van der Waals surface area contributed by atoms with Gasteiger partial charge in [-0.05, 0) is 48.9 Å². The van der Waals surface area contributed by atoms with Crippen LogP contribution in [0.1, 0.15) is 43.1 Å². The maximum atomic E-state index is 15.6. The fourth-order valence-corrected chi connectivity index (χ4v) is 7.16. The molecular weight excluding hydrogens is 467 g/mol.